The molecule has 1 nitrogen and oxygen atoms in total. The molecule has 0 fully saturated rings. The highest BCUT2D eigenvalue weighted by atomic mass is 16.1. The molecule has 706 valence electrons. The first kappa shape index (κ1) is 156. The van der Waals surface area contributed by atoms with Gasteiger partial charge in [-0.05, 0) is 13.3 Å². The lowest BCUT2D eigenvalue weighted by Crippen LogP contribution is -1.88. The van der Waals surface area contributed by atoms with Crippen LogP contribution < -0.4 is 0 Å². The lowest BCUT2D eigenvalue weighted by Gasteiger charge is -1.95. The van der Waals surface area contributed by atoms with Crippen molar-refractivity contribution in [2.24, 2.45) is 0 Å². The van der Waals surface area contributed by atoms with Crippen LogP contribution in [0.2, 0.25) is 0 Å². The van der Waals surface area contributed by atoms with Gasteiger partial charge in [-0.15, -0.1) is 0 Å². The molecule has 0 amide bonds. The van der Waals surface area contributed by atoms with E-state index in [9.17, 15) is 4.79 Å². The third-order valence-corrected chi connectivity index (χ3v) is 17.9. The van der Waals surface area contributed by atoms with E-state index >= 15 is 0 Å². The summed E-state index contributed by atoms with van der Waals surface area (Å²) < 4.78 is 0. The number of unbranched alkanes of at least 4 members (excludes halogenated alkanes) is 55. The fraction of sp³-hybridized carbons (Fsp3) is 0.991. The normalized spacial score (nSPS) is 9.07. The van der Waals surface area contributed by atoms with E-state index in [0.29, 0.717) is 5.78 Å². The minimum absolute atomic E-state index is 0.330. The van der Waals surface area contributed by atoms with Crippen molar-refractivity contribution in [2.75, 3.05) is 0 Å². The predicted molar refractivity (Wildman–Crippen MR) is 551 cm³/mol. The maximum atomic E-state index is 10.5. The topological polar surface area (TPSA) is 17.1 Å². The molecule has 0 aliphatic rings. The number of ketones is 1. The van der Waals surface area contributed by atoms with Crippen LogP contribution >= 0.6 is 0 Å². The van der Waals surface area contributed by atoms with Crippen molar-refractivity contribution in [3.05, 3.63) is 0 Å². The predicted octanol–water partition coefficient (Wildman–Crippen LogP) is 46.9. The Morgan fingerprint density at radius 3 is 0.205 bits per heavy atom. The van der Waals surface area contributed by atoms with Gasteiger partial charge >= 0.3 is 0 Å². The highest BCUT2D eigenvalue weighted by Crippen LogP contribution is 2.07. The molecule has 0 heterocycles. The summed E-state index contributed by atoms with van der Waals surface area (Å²) in [4.78, 5) is 10.5. The van der Waals surface area contributed by atoms with Gasteiger partial charge in [0.1, 0.15) is 5.78 Å². The third-order valence-electron chi connectivity index (χ3n) is 17.9. The van der Waals surface area contributed by atoms with Crippen molar-refractivity contribution in [2.45, 2.75) is 724 Å². The first-order valence-electron chi connectivity index (χ1n) is 53.8. The van der Waals surface area contributed by atoms with Crippen molar-refractivity contribution in [1.82, 2.24) is 0 Å². The first-order valence-corrected chi connectivity index (χ1v) is 53.8. The van der Waals surface area contributed by atoms with Crippen molar-refractivity contribution in [1.29, 1.82) is 0 Å². The molecule has 0 rings (SSSR count). The van der Waals surface area contributed by atoms with Gasteiger partial charge in [0, 0.05) is 6.42 Å². The van der Waals surface area contributed by atoms with Gasteiger partial charge in [0.15, 0.2) is 0 Å². The molecule has 0 atom stereocenters. The maximum Gasteiger partial charge on any atom is 0.129 e. The van der Waals surface area contributed by atoms with E-state index in [-0.39, 0.29) is 0 Å². The molecule has 0 bridgehead atoms. The van der Waals surface area contributed by atoms with E-state index in [2.05, 4.69) is 242 Å². The van der Waals surface area contributed by atoms with Gasteiger partial charge in [-0.1, -0.05) is 705 Å². The summed E-state index contributed by atoms with van der Waals surface area (Å²) in [6.45, 7) is 79.7. The summed E-state index contributed by atoms with van der Waals surface area (Å²) in [5, 5.41) is 0. The zero-order chi connectivity index (χ0) is 89.9. The highest BCUT2D eigenvalue weighted by Gasteiger charge is 1.93. The largest absolute Gasteiger partial charge is 0.300 e. The first-order chi connectivity index (χ1) is 54.3. The van der Waals surface area contributed by atoms with Gasteiger partial charge in [-0.25, -0.2) is 0 Å². The molecule has 0 aromatic carbocycles. The van der Waals surface area contributed by atoms with Gasteiger partial charge in [0.25, 0.3) is 0 Å². The zero-order valence-corrected chi connectivity index (χ0v) is 89.2. The summed E-state index contributed by atoms with van der Waals surface area (Å²) in [7, 11) is 0. The van der Waals surface area contributed by atoms with Crippen LogP contribution in [0.15, 0.2) is 0 Å². The Morgan fingerprint density at radius 1 is 0.0982 bits per heavy atom. The summed E-state index contributed by atoms with van der Waals surface area (Å²) in [5.74, 6) is 0.330. The van der Waals surface area contributed by atoms with Crippen LogP contribution in [-0.4, -0.2) is 5.78 Å². The minimum atomic E-state index is 0.330. The minimum Gasteiger partial charge on any atom is -0.300 e. The number of carbonyl (C=O) groups excluding carboxylic acids is 1. The molecular weight excluding hydrogens is 1350 g/mol. The Kier molecular flexibility index (Phi) is 315. The monoisotopic (exact) mass is 1610 g/mol. The summed E-state index contributed by atoms with van der Waals surface area (Å²) >= 11 is 0. The Balaban J connectivity index is -0.0000000523. The third kappa shape index (κ3) is 389. The molecule has 0 spiro atoms. The second kappa shape index (κ2) is 226. The Bertz CT molecular complexity index is 670. The summed E-state index contributed by atoms with van der Waals surface area (Å²) in [6, 6.07) is 0. The number of hydrogen-bond donors (Lipinski definition) is 0. The quantitative estimate of drug-likeness (QED) is 0.0555. The average molecular weight is 1610 g/mol. The lowest BCUT2D eigenvalue weighted by molar-refractivity contribution is -0.117. The Hall–Kier alpha value is -0.330. The van der Waals surface area contributed by atoms with E-state index in [1.54, 1.807) is 6.92 Å². The fourth-order valence-electron chi connectivity index (χ4n) is 9.48. The van der Waals surface area contributed by atoms with E-state index < -0.39 is 0 Å². The second-order valence-electron chi connectivity index (χ2n) is 31.9. The second-order valence-corrected chi connectivity index (χ2v) is 31.9. The molecule has 0 unspecified atom stereocenters. The van der Waals surface area contributed by atoms with Crippen LogP contribution in [0.4, 0.5) is 0 Å². The van der Waals surface area contributed by atoms with Crippen molar-refractivity contribution >= 4 is 5.78 Å². The highest BCUT2D eigenvalue weighted by molar-refractivity contribution is 5.75. The van der Waals surface area contributed by atoms with Crippen LogP contribution in [0, 0.1) is 0 Å². The molecule has 0 saturated carbocycles. The number of rotatable bonds is 57. The Labute approximate surface area is 730 Å². The standard InChI is InChI=1S/C9H18O.17C6H14/c1-3-4-5-6-7-8-9(2)10;17*1-3-5-6-4-2/h3-8H2,1-2H3;17*3-6H2,1-2H3. The molecule has 112 heavy (non-hydrogen) atoms. The molecule has 0 aliphatic carbocycles. The van der Waals surface area contributed by atoms with Gasteiger partial charge in [0.2, 0.25) is 0 Å². The molecular formula is C111H256O. The summed E-state index contributed by atoms with van der Waals surface area (Å²) in [5.41, 5.74) is 0. The van der Waals surface area contributed by atoms with Gasteiger partial charge in [-0.3, -0.25) is 0 Å². The van der Waals surface area contributed by atoms with Crippen molar-refractivity contribution in [3.63, 3.8) is 0 Å². The molecule has 0 saturated heterocycles. The zero-order valence-electron chi connectivity index (χ0n) is 89.2. The van der Waals surface area contributed by atoms with Gasteiger partial charge < -0.3 is 4.79 Å². The molecule has 0 aliphatic heterocycles. The van der Waals surface area contributed by atoms with Crippen LogP contribution in [0.25, 0.3) is 0 Å². The van der Waals surface area contributed by atoms with E-state index in [4.69, 9.17) is 0 Å². The van der Waals surface area contributed by atoms with Crippen molar-refractivity contribution in [3.8, 4) is 0 Å². The maximum absolute atomic E-state index is 10.5. The SMILES string of the molecule is CCCCCC.CCCCCC.CCCCCC.CCCCCC.CCCCCC.CCCCCC.CCCCCC.CCCCCC.CCCCCC.CCCCCC.CCCCCC.CCCCCC.CCCCCC.CCCCCC.CCCCCC.CCCCCC.CCCCCC.CCCCCCCC(C)=O. The van der Waals surface area contributed by atoms with Crippen LogP contribution in [-0.2, 0) is 4.79 Å². The number of Topliss-reactive ketones (excluding diaryl/α,β-unsaturated/α-hetero) is 1. The van der Waals surface area contributed by atoms with Crippen LogP contribution in [0.1, 0.15) is 724 Å². The van der Waals surface area contributed by atoms with Crippen LogP contribution in [0.5, 0.6) is 0 Å². The van der Waals surface area contributed by atoms with Gasteiger partial charge in [0.05, 0.1) is 0 Å². The number of carbonyl (C=O) groups is 1. The molecule has 0 N–H and O–H groups in total. The van der Waals surface area contributed by atoms with E-state index in [1.165, 1.54) is 462 Å². The van der Waals surface area contributed by atoms with E-state index in [0.717, 1.165) is 12.8 Å². The van der Waals surface area contributed by atoms with Crippen LogP contribution in [0.3, 0.4) is 0 Å². The number of hydrogen-bond acceptors (Lipinski definition) is 1. The fourth-order valence-corrected chi connectivity index (χ4v) is 9.48. The van der Waals surface area contributed by atoms with Crippen molar-refractivity contribution < 1.29 is 4.79 Å². The average Bonchev–Trinajstić information content (AvgIpc) is 2.11. The van der Waals surface area contributed by atoms with E-state index in [1.807, 2.05) is 0 Å². The van der Waals surface area contributed by atoms with Gasteiger partial charge in [-0.2, -0.15) is 0 Å². The smallest absolute Gasteiger partial charge is 0.129 e. The Morgan fingerprint density at radius 2 is 0.152 bits per heavy atom. The molecule has 0 radical (unpaired) electrons. The molecule has 0 aromatic rings. The molecule has 1 heteroatoms. The lowest BCUT2D eigenvalue weighted by atomic mass is 10.1. The summed E-state index contributed by atoms with van der Waals surface area (Å²) in [6.07, 6.45) is 101. The molecule has 0 aromatic heterocycles.